The Morgan fingerprint density at radius 3 is 2.86 bits per heavy atom. The van der Waals surface area contributed by atoms with Crippen molar-refractivity contribution < 1.29 is 19.1 Å². The summed E-state index contributed by atoms with van der Waals surface area (Å²) in [6.45, 7) is 4.85. The maximum atomic E-state index is 12.3. The molecule has 6 heteroatoms. The molecule has 4 rings (SSSR count). The highest BCUT2D eigenvalue weighted by Crippen LogP contribution is 2.41. The topological polar surface area (TPSA) is 69.2 Å². The van der Waals surface area contributed by atoms with Crippen molar-refractivity contribution in [3.63, 3.8) is 0 Å². The Balaban J connectivity index is 1.24. The summed E-state index contributed by atoms with van der Waals surface area (Å²) in [5.41, 5.74) is 2.70. The lowest BCUT2D eigenvalue weighted by Crippen LogP contribution is -2.37. The minimum absolute atomic E-state index is 0.186. The smallest absolute Gasteiger partial charge is 0.264 e. The molecule has 0 aliphatic carbocycles. The Morgan fingerprint density at radius 1 is 1.21 bits per heavy atom. The lowest BCUT2D eigenvalue weighted by atomic mass is 10.0. The number of nitrogens with one attached hydrogen (secondary N) is 1. The van der Waals surface area contributed by atoms with Crippen molar-refractivity contribution in [2.45, 2.75) is 38.4 Å². The van der Waals surface area contributed by atoms with Crippen molar-refractivity contribution >= 4 is 11.6 Å². The second-order valence-corrected chi connectivity index (χ2v) is 7.62. The van der Waals surface area contributed by atoms with E-state index in [1.165, 1.54) is 0 Å². The van der Waals surface area contributed by atoms with E-state index in [4.69, 9.17) is 14.3 Å². The predicted molar refractivity (Wildman–Crippen MR) is 106 cm³/mol. The van der Waals surface area contributed by atoms with Crippen LogP contribution in [0.1, 0.15) is 31.4 Å². The van der Waals surface area contributed by atoms with Crippen LogP contribution in [-0.2, 0) is 16.1 Å². The van der Waals surface area contributed by atoms with E-state index in [0.717, 1.165) is 29.0 Å². The van der Waals surface area contributed by atoms with E-state index in [9.17, 15) is 4.79 Å². The SMILES string of the molecule is CC1(C)Cc2cccc(OCCNC(=O)[C@H]3CC(c4ccccc4)=NO3)c2O1. The van der Waals surface area contributed by atoms with Gasteiger partial charge >= 0.3 is 0 Å². The monoisotopic (exact) mass is 380 g/mol. The molecule has 0 saturated heterocycles. The molecular formula is C22H24N2O4. The molecule has 2 aliphatic rings. The summed E-state index contributed by atoms with van der Waals surface area (Å²) >= 11 is 0. The van der Waals surface area contributed by atoms with E-state index < -0.39 is 6.10 Å². The van der Waals surface area contributed by atoms with Gasteiger partial charge in [0.2, 0.25) is 6.10 Å². The Labute approximate surface area is 164 Å². The second-order valence-electron chi connectivity index (χ2n) is 7.62. The summed E-state index contributed by atoms with van der Waals surface area (Å²) in [7, 11) is 0. The summed E-state index contributed by atoms with van der Waals surface area (Å²) in [6.07, 6.45) is 0.727. The van der Waals surface area contributed by atoms with E-state index >= 15 is 0 Å². The first-order chi connectivity index (χ1) is 13.5. The van der Waals surface area contributed by atoms with Gasteiger partial charge in [-0.3, -0.25) is 4.79 Å². The third-order valence-electron chi connectivity index (χ3n) is 4.78. The van der Waals surface area contributed by atoms with Crippen molar-refractivity contribution in [3.05, 3.63) is 59.7 Å². The van der Waals surface area contributed by atoms with Crippen molar-refractivity contribution in [2.75, 3.05) is 13.2 Å². The van der Waals surface area contributed by atoms with Crippen molar-refractivity contribution in [3.8, 4) is 11.5 Å². The lowest BCUT2D eigenvalue weighted by molar-refractivity contribution is -0.131. The first-order valence-electron chi connectivity index (χ1n) is 9.51. The number of fused-ring (bicyclic) bond motifs is 1. The molecule has 0 spiro atoms. The van der Waals surface area contributed by atoms with Crippen LogP contribution in [0.25, 0.3) is 0 Å². The maximum absolute atomic E-state index is 12.3. The first kappa shape index (κ1) is 18.3. The third kappa shape index (κ3) is 3.96. The van der Waals surface area contributed by atoms with E-state index in [1.54, 1.807) is 0 Å². The third-order valence-corrected chi connectivity index (χ3v) is 4.78. The van der Waals surface area contributed by atoms with Gasteiger partial charge in [0.1, 0.15) is 12.2 Å². The first-order valence-corrected chi connectivity index (χ1v) is 9.51. The van der Waals surface area contributed by atoms with E-state index in [2.05, 4.69) is 30.4 Å². The van der Waals surface area contributed by atoms with Crippen LogP contribution in [-0.4, -0.2) is 36.5 Å². The Hall–Kier alpha value is -3.02. The quantitative estimate of drug-likeness (QED) is 0.782. The maximum Gasteiger partial charge on any atom is 0.264 e. The number of hydrogen-bond donors (Lipinski definition) is 1. The molecule has 0 aromatic heterocycles. The van der Waals surface area contributed by atoms with Gasteiger partial charge in [-0.15, -0.1) is 0 Å². The van der Waals surface area contributed by atoms with Gasteiger partial charge in [-0.05, 0) is 25.5 Å². The van der Waals surface area contributed by atoms with Gasteiger partial charge in [0.05, 0.1) is 12.3 Å². The molecule has 2 aliphatic heterocycles. The van der Waals surface area contributed by atoms with Crippen LogP contribution in [0.3, 0.4) is 0 Å². The molecule has 0 fully saturated rings. The zero-order valence-electron chi connectivity index (χ0n) is 16.1. The number of para-hydroxylation sites is 1. The Bertz CT molecular complexity index is 893. The number of ether oxygens (including phenoxy) is 2. The summed E-state index contributed by atoms with van der Waals surface area (Å²) < 4.78 is 11.8. The summed E-state index contributed by atoms with van der Waals surface area (Å²) in [5, 5.41) is 6.89. The number of benzene rings is 2. The van der Waals surface area contributed by atoms with Gasteiger partial charge in [-0.2, -0.15) is 0 Å². The summed E-state index contributed by atoms with van der Waals surface area (Å²) in [6, 6.07) is 15.6. The molecular weight excluding hydrogens is 356 g/mol. The highest BCUT2D eigenvalue weighted by Gasteiger charge is 2.32. The average molecular weight is 380 g/mol. The fourth-order valence-corrected chi connectivity index (χ4v) is 3.47. The number of hydrogen-bond acceptors (Lipinski definition) is 5. The Morgan fingerprint density at radius 2 is 2.04 bits per heavy atom. The van der Waals surface area contributed by atoms with Gasteiger partial charge in [-0.1, -0.05) is 47.6 Å². The molecule has 1 N–H and O–H groups in total. The molecule has 1 atom stereocenters. The van der Waals surface area contributed by atoms with E-state index in [-0.39, 0.29) is 11.5 Å². The molecule has 6 nitrogen and oxygen atoms in total. The summed E-state index contributed by atoms with van der Waals surface area (Å²) in [4.78, 5) is 17.6. The molecule has 28 heavy (non-hydrogen) atoms. The van der Waals surface area contributed by atoms with Gasteiger partial charge in [0, 0.05) is 18.4 Å². The average Bonchev–Trinajstić information content (AvgIpc) is 3.29. The molecule has 0 unspecified atom stereocenters. The second kappa shape index (κ2) is 7.54. The molecule has 0 bridgehead atoms. The van der Waals surface area contributed by atoms with Crippen molar-refractivity contribution in [1.82, 2.24) is 5.32 Å². The van der Waals surface area contributed by atoms with Crippen LogP contribution in [0.15, 0.2) is 53.7 Å². The van der Waals surface area contributed by atoms with E-state index in [1.807, 2.05) is 42.5 Å². The Kier molecular flexibility index (Phi) is 4.94. The van der Waals surface area contributed by atoms with Gasteiger partial charge in [-0.25, -0.2) is 0 Å². The zero-order chi connectivity index (χ0) is 19.6. The van der Waals surface area contributed by atoms with Crippen LogP contribution in [0.5, 0.6) is 11.5 Å². The van der Waals surface area contributed by atoms with Crippen LogP contribution in [0.4, 0.5) is 0 Å². The van der Waals surface area contributed by atoms with Crippen LogP contribution < -0.4 is 14.8 Å². The normalized spacial score (nSPS) is 19.2. The number of carbonyl (C=O) groups excluding carboxylic acids is 1. The van der Waals surface area contributed by atoms with Crippen molar-refractivity contribution in [1.29, 1.82) is 0 Å². The highest BCUT2D eigenvalue weighted by molar-refractivity contribution is 6.04. The van der Waals surface area contributed by atoms with Crippen molar-refractivity contribution in [2.24, 2.45) is 5.16 Å². The number of nitrogens with zero attached hydrogens (tertiary/aromatic N) is 1. The molecule has 0 radical (unpaired) electrons. The standard InChI is InChI=1S/C22H24N2O4/c1-22(2)14-16-9-6-10-18(20(16)27-22)26-12-11-23-21(25)19-13-17(24-28-19)15-7-4-3-5-8-15/h3-10,19H,11-14H2,1-2H3,(H,23,25)/t19-/m1/s1. The fraction of sp³-hybridized carbons (Fsp3) is 0.364. The highest BCUT2D eigenvalue weighted by atomic mass is 16.6. The lowest BCUT2D eigenvalue weighted by Gasteiger charge is -2.18. The minimum Gasteiger partial charge on any atom is -0.488 e. The number of rotatable bonds is 6. The molecule has 2 aromatic rings. The largest absolute Gasteiger partial charge is 0.488 e. The summed E-state index contributed by atoms with van der Waals surface area (Å²) in [5.74, 6) is 1.33. The zero-order valence-corrected chi connectivity index (χ0v) is 16.1. The van der Waals surface area contributed by atoms with Crippen LogP contribution >= 0.6 is 0 Å². The molecule has 0 saturated carbocycles. The van der Waals surface area contributed by atoms with Gasteiger partial charge < -0.3 is 19.6 Å². The number of carbonyl (C=O) groups is 1. The number of oxime groups is 1. The van der Waals surface area contributed by atoms with E-state index in [0.29, 0.717) is 25.3 Å². The molecule has 1 amide bonds. The predicted octanol–water partition coefficient (Wildman–Crippen LogP) is 3.09. The fourth-order valence-electron chi connectivity index (χ4n) is 3.47. The van der Waals surface area contributed by atoms with Crippen LogP contribution in [0, 0.1) is 0 Å². The molecule has 2 heterocycles. The van der Waals surface area contributed by atoms with Crippen LogP contribution in [0.2, 0.25) is 0 Å². The molecule has 2 aromatic carbocycles. The van der Waals surface area contributed by atoms with Gasteiger partial charge in [0.25, 0.3) is 5.91 Å². The van der Waals surface area contributed by atoms with Gasteiger partial charge in [0.15, 0.2) is 11.5 Å². The minimum atomic E-state index is -0.597. The number of amides is 1. The molecule has 146 valence electrons.